The summed E-state index contributed by atoms with van der Waals surface area (Å²) in [6.45, 7) is 7.25. The van der Waals surface area contributed by atoms with E-state index in [1.807, 2.05) is 20.8 Å². The highest BCUT2D eigenvalue weighted by atomic mass is 19.1. The Kier molecular flexibility index (Phi) is 9.03. The Morgan fingerprint density at radius 2 is 1.67 bits per heavy atom. The van der Waals surface area contributed by atoms with Gasteiger partial charge in [0.2, 0.25) is 0 Å². The number of benzene rings is 1. The van der Waals surface area contributed by atoms with E-state index in [1.54, 1.807) is 31.3 Å². The van der Waals surface area contributed by atoms with Gasteiger partial charge in [-0.2, -0.15) is 0 Å². The third-order valence-corrected chi connectivity index (χ3v) is 5.04. The van der Waals surface area contributed by atoms with E-state index in [9.17, 15) is 9.18 Å². The van der Waals surface area contributed by atoms with Gasteiger partial charge in [-0.05, 0) is 50.8 Å². The monoisotopic (exact) mass is 427 g/mol. The highest BCUT2D eigenvalue weighted by molar-refractivity contribution is 5.68. The summed E-state index contributed by atoms with van der Waals surface area (Å²) < 4.78 is 40.7. The van der Waals surface area contributed by atoms with Crippen molar-refractivity contribution in [3.63, 3.8) is 0 Å². The first-order valence-corrected chi connectivity index (χ1v) is 10.1. The Balaban J connectivity index is 2.33. The van der Waals surface area contributed by atoms with E-state index in [0.29, 0.717) is 32.7 Å². The molecule has 1 aromatic rings. The zero-order chi connectivity index (χ0) is 22.2. The number of methoxy groups -OCH3 is 2. The van der Waals surface area contributed by atoms with Crippen molar-refractivity contribution in [2.45, 2.75) is 38.7 Å². The lowest BCUT2D eigenvalue weighted by Crippen LogP contribution is -2.55. The molecule has 1 fully saturated rings. The predicted molar refractivity (Wildman–Crippen MR) is 110 cm³/mol. The summed E-state index contributed by atoms with van der Waals surface area (Å²) in [5.41, 5.74) is -0.196. The van der Waals surface area contributed by atoms with Crippen molar-refractivity contribution in [2.24, 2.45) is 5.41 Å². The van der Waals surface area contributed by atoms with Crippen molar-refractivity contribution < 1.29 is 32.9 Å². The molecule has 0 aliphatic carbocycles. The van der Waals surface area contributed by atoms with Crippen molar-refractivity contribution in [1.29, 1.82) is 0 Å². The van der Waals surface area contributed by atoms with Crippen LogP contribution in [0.15, 0.2) is 24.3 Å². The van der Waals surface area contributed by atoms with Crippen molar-refractivity contribution in [2.75, 3.05) is 54.1 Å². The van der Waals surface area contributed by atoms with Crippen LogP contribution in [0.25, 0.3) is 0 Å². The lowest BCUT2D eigenvalue weighted by atomic mass is 9.68. The van der Waals surface area contributed by atoms with E-state index in [-0.39, 0.29) is 31.4 Å². The van der Waals surface area contributed by atoms with Crippen LogP contribution in [0.4, 0.5) is 9.18 Å². The molecule has 1 atom stereocenters. The second kappa shape index (κ2) is 11.0. The molecule has 170 valence electrons. The third-order valence-electron chi connectivity index (χ3n) is 5.04. The molecule has 0 radical (unpaired) electrons. The molecule has 1 unspecified atom stereocenters. The minimum atomic E-state index is -0.591. The van der Waals surface area contributed by atoms with Gasteiger partial charge in [0.05, 0.1) is 13.2 Å². The molecule has 30 heavy (non-hydrogen) atoms. The maximum Gasteiger partial charge on any atom is 0.410 e. The van der Waals surface area contributed by atoms with Gasteiger partial charge in [-0.1, -0.05) is 12.1 Å². The minimum absolute atomic E-state index is 0.00880. The second-order valence-electron chi connectivity index (χ2n) is 8.67. The fourth-order valence-corrected chi connectivity index (χ4v) is 3.85. The molecule has 1 saturated heterocycles. The van der Waals surface area contributed by atoms with Crippen molar-refractivity contribution >= 4 is 6.09 Å². The number of ether oxygens (including phenoxy) is 5. The summed E-state index contributed by atoms with van der Waals surface area (Å²) in [6, 6.07) is 6.47. The molecule has 1 amide bonds. The highest BCUT2D eigenvalue weighted by Crippen LogP contribution is 2.44. The Labute approximate surface area is 178 Å². The SMILES string of the molecule is COCOCC1(COCOC)CN(C(=O)OC(C)(C)C)CCC1c1ccc(F)cc1. The van der Waals surface area contributed by atoms with Crippen molar-refractivity contribution in [3.8, 4) is 0 Å². The first-order valence-electron chi connectivity index (χ1n) is 10.1. The number of nitrogens with zero attached hydrogens (tertiary/aromatic N) is 1. The molecule has 0 N–H and O–H groups in total. The van der Waals surface area contributed by atoms with Crippen LogP contribution >= 0.6 is 0 Å². The number of rotatable bonds is 9. The summed E-state index contributed by atoms with van der Waals surface area (Å²) in [5.74, 6) is -0.299. The zero-order valence-corrected chi connectivity index (χ0v) is 18.6. The molecule has 0 aromatic heterocycles. The fourth-order valence-electron chi connectivity index (χ4n) is 3.85. The van der Waals surface area contributed by atoms with Gasteiger partial charge < -0.3 is 28.6 Å². The van der Waals surface area contributed by atoms with Crippen LogP contribution in [0, 0.1) is 11.2 Å². The van der Waals surface area contributed by atoms with Gasteiger partial charge in [-0.25, -0.2) is 9.18 Å². The smallest absolute Gasteiger partial charge is 0.410 e. The molecule has 7 nitrogen and oxygen atoms in total. The molecule has 1 heterocycles. The molecule has 8 heteroatoms. The summed E-state index contributed by atoms with van der Waals surface area (Å²) in [6.07, 6.45) is 0.292. The molecular formula is C22H34FNO6. The fraction of sp³-hybridized carbons (Fsp3) is 0.682. The summed E-state index contributed by atoms with van der Waals surface area (Å²) in [5, 5.41) is 0. The van der Waals surface area contributed by atoms with E-state index >= 15 is 0 Å². The van der Waals surface area contributed by atoms with Gasteiger partial charge >= 0.3 is 6.09 Å². The Bertz CT molecular complexity index is 651. The number of carbonyl (C=O) groups excluding carboxylic acids is 1. The van der Waals surface area contributed by atoms with Crippen LogP contribution in [-0.4, -0.2) is 70.7 Å². The maximum absolute atomic E-state index is 13.5. The van der Waals surface area contributed by atoms with Gasteiger partial charge in [0.25, 0.3) is 0 Å². The number of likely N-dealkylation sites (tertiary alicyclic amines) is 1. The Morgan fingerprint density at radius 1 is 1.10 bits per heavy atom. The maximum atomic E-state index is 13.5. The van der Waals surface area contributed by atoms with Gasteiger partial charge in [0, 0.05) is 32.7 Å². The van der Waals surface area contributed by atoms with Crippen molar-refractivity contribution in [1.82, 2.24) is 4.90 Å². The molecule has 1 aromatic carbocycles. The molecule has 0 spiro atoms. The van der Waals surface area contributed by atoms with Gasteiger partial charge in [0.1, 0.15) is 25.0 Å². The number of carbonyl (C=O) groups is 1. The number of hydrogen-bond acceptors (Lipinski definition) is 6. The second-order valence-corrected chi connectivity index (χ2v) is 8.67. The van der Waals surface area contributed by atoms with Crippen LogP contribution < -0.4 is 0 Å². The van der Waals surface area contributed by atoms with Gasteiger partial charge in [0.15, 0.2) is 0 Å². The zero-order valence-electron chi connectivity index (χ0n) is 18.6. The summed E-state index contributed by atoms with van der Waals surface area (Å²) in [4.78, 5) is 14.5. The first kappa shape index (κ1) is 24.5. The van der Waals surface area contributed by atoms with Gasteiger partial charge in [-0.3, -0.25) is 0 Å². The lowest BCUT2D eigenvalue weighted by Gasteiger charge is -2.48. The minimum Gasteiger partial charge on any atom is -0.444 e. The van der Waals surface area contributed by atoms with E-state index < -0.39 is 11.0 Å². The lowest BCUT2D eigenvalue weighted by molar-refractivity contribution is -0.133. The van der Waals surface area contributed by atoms with Crippen LogP contribution in [0.1, 0.15) is 38.7 Å². The molecule has 2 rings (SSSR count). The number of amides is 1. The quantitative estimate of drug-likeness (QED) is 0.441. The predicted octanol–water partition coefficient (Wildman–Crippen LogP) is 3.78. The Morgan fingerprint density at radius 3 is 2.17 bits per heavy atom. The molecule has 0 saturated carbocycles. The van der Waals surface area contributed by atoms with Gasteiger partial charge in [-0.15, -0.1) is 0 Å². The van der Waals surface area contributed by atoms with E-state index in [1.165, 1.54) is 12.1 Å². The van der Waals surface area contributed by atoms with E-state index in [4.69, 9.17) is 23.7 Å². The molecular weight excluding hydrogens is 393 g/mol. The van der Waals surface area contributed by atoms with Crippen LogP contribution in [0.5, 0.6) is 0 Å². The topological polar surface area (TPSA) is 66.5 Å². The van der Waals surface area contributed by atoms with E-state index in [2.05, 4.69) is 0 Å². The number of piperidine rings is 1. The average molecular weight is 428 g/mol. The normalized spacial score (nSPS) is 19.0. The average Bonchev–Trinajstić information content (AvgIpc) is 2.68. The van der Waals surface area contributed by atoms with Crippen LogP contribution in [0.3, 0.4) is 0 Å². The molecule has 1 aliphatic rings. The summed E-state index contributed by atoms with van der Waals surface area (Å²) in [7, 11) is 3.11. The molecule has 1 aliphatic heterocycles. The summed E-state index contributed by atoms with van der Waals surface area (Å²) >= 11 is 0. The number of halogens is 1. The van der Waals surface area contributed by atoms with Crippen LogP contribution in [-0.2, 0) is 23.7 Å². The number of hydrogen-bond donors (Lipinski definition) is 0. The molecule has 0 bridgehead atoms. The standard InChI is InChI=1S/C22H34FNO6/c1-21(2,3)30-20(25)24-11-10-19(17-6-8-18(23)9-7-17)22(12-24,13-28-15-26-4)14-29-16-27-5/h6-9,19H,10-16H2,1-5H3. The van der Waals surface area contributed by atoms with Crippen molar-refractivity contribution in [3.05, 3.63) is 35.6 Å². The van der Waals surface area contributed by atoms with E-state index in [0.717, 1.165) is 5.56 Å². The third kappa shape index (κ3) is 6.91. The Hall–Kier alpha value is -1.74. The largest absolute Gasteiger partial charge is 0.444 e. The van der Waals surface area contributed by atoms with Crippen LogP contribution in [0.2, 0.25) is 0 Å². The highest BCUT2D eigenvalue weighted by Gasteiger charge is 2.47. The first-order chi connectivity index (χ1) is 14.2.